The summed E-state index contributed by atoms with van der Waals surface area (Å²) in [5.41, 5.74) is -0.466. The second kappa shape index (κ2) is 8.02. The molecule has 1 fully saturated rings. The largest absolute Gasteiger partial charge is 0.466 e. The Labute approximate surface area is 126 Å². The predicted octanol–water partition coefficient (Wildman–Crippen LogP) is 1.66. The van der Waals surface area contributed by atoms with Gasteiger partial charge in [0.15, 0.2) is 0 Å². The third-order valence-corrected chi connectivity index (χ3v) is 3.06. The minimum atomic E-state index is -0.466. The van der Waals surface area contributed by atoms with Gasteiger partial charge in [0.2, 0.25) is 0 Å². The van der Waals surface area contributed by atoms with Gasteiger partial charge < -0.3 is 14.4 Å². The van der Waals surface area contributed by atoms with Crippen LogP contribution in [0.25, 0.3) is 0 Å². The van der Waals surface area contributed by atoms with Crippen molar-refractivity contribution in [1.82, 2.24) is 9.80 Å². The lowest BCUT2D eigenvalue weighted by Gasteiger charge is -2.26. The molecule has 6 nitrogen and oxygen atoms in total. The molecule has 1 aliphatic rings. The number of nitrogens with zero attached hydrogens (tertiary/aromatic N) is 2. The summed E-state index contributed by atoms with van der Waals surface area (Å²) in [6.07, 6.45) is 3.85. The molecule has 0 N–H and O–H groups in total. The van der Waals surface area contributed by atoms with Crippen LogP contribution in [-0.2, 0) is 14.3 Å². The molecule has 0 aromatic carbocycles. The van der Waals surface area contributed by atoms with E-state index in [0.717, 1.165) is 19.5 Å². The highest BCUT2D eigenvalue weighted by Gasteiger charge is 2.24. The van der Waals surface area contributed by atoms with Gasteiger partial charge in [0.1, 0.15) is 5.60 Å². The van der Waals surface area contributed by atoms with E-state index < -0.39 is 5.60 Å². The lowest BCUT2D eigenvalue weighted by Crippen LogP contribution is -2.39. The maximum atomic E-state index is 12.0. The zero-order chi connectivity index (χ0) is 15.9. The molecule has 1 amide bonds. The Hall–Kier alpha value is -1.56. The number of hydrogen-bond donors (Lipinski definition) is 0. The fraction of sp³-hybridized carbons (Fsp3) is 0.733. The fourth-order valence-corrected chi connectivity index (χ4v) is 2.03. The first kappa shape index (κ1) is 17.5. The fourth-order valence-electron chi connectivity index (χ4n) is 2.03. The summed E-state index contributed by atoms with van der Waals surface area (Å²) >= 11 is 0. The molecule has 1 heterocycles. The van der Waals surface area contributed by atoms with Crippen LogP contribution >= 0.6 is 0 Å². The van der Waals surface area contributed by atoms with Gasteiger partial charge in [-0.1, -0.05) is 6.08 Å². The number of rotatable bonds is 3. The standard InChI is InChI=1S/C15H26N2O4/c1-15(2,3)21-14(19)17-10-6-9-16(11-12-17)8-5-7-13(18)20-4/h5,7H,6,8-12H2,1-4H3/b7-5+. The van der Waals surface area contributed by atoms with E-state index in [1.54, 1.807) is 11.0 Å². The Bertz CT molecular complexity index is 388. The summed E-state index contributed by atoms with van der Waals surface area (Å²) in [6.45, 7) is 9.28. The smallest absolute Gasteiger partial charge is 0.410 e. The highest BCUT2D eigenvalue weighted by molar-refractivity contribution is 5.81. The van der Waals surface area contributed by atoms with Crippen molar-refractivity contribution in [1.29, 1.82) is 0 Å². The third-order valence-electron chi connectivity index (χ3n) is 3.06. The van der Waals surface area contributed by atoms with E-state index >= 15 is 0 Å². The molecule has 21 heavy (non-hydrogen) atoms. The molecule has 1 rings (SSSR count). The molecule has 1 aliphatic heterocycles. The van der Waals surface area contributed by atoms with Crippen molar-refractivity contribution in [2.45, 2.75) is 32.8 Å². The number of carbonyl (C=O) groups excluding carboxylic acids is 2. The SMILES string of the molecule is COC(=O)/C=C/CN1CCCN(C(=O)OC(C)(C)C)CC1. The molecule has 0 saturated carbocycles. The van der Waals surface area contributed by atoms with Crippen LogP contribution in [0.5, 0.6) is 0 Å². The van der Waals surface area contributed by atoms with E-state index in [0.29, 0.717) is 19.6 Å². The summed E-state index contributed by atoms with van der Waals surface area (Å²) in [7, 11) is 1.36. The highest BCUT2D eigenvalue weighted by Crippen LogP contribution is 2.12. The van der Waals surface area contributed by atoms with Gasteiger partial charge in [0.05, 0.1) is 7.11 Å². The van der Waals surface area contributed by atoms with Crippen molar-refractivity contribution in [3.63, 3.8) is 0 Å². The molecule has 6 heteroatoms. The summed E-state index contributed by atoms with van der Waals surface area (Å²) < 4.78 is 9.93. The Morgan fingerprint density at radius 1 is 1.14 bits per heavy atom. The summed E-state index contributed by atoms with van der Waals surface area (Å²) in [5, 5.41) is 0. The van der Waals surface area contributed by atoms with Crippen molar-refractivity contribution in [2.24, 2.45) is 0 Å². The van der Waals surface area contributed by atoms with E-state index in [9.17, 15) is 9.59 Å². The molecule has 0 radical (unpaired) electrons. The molecule has 0 atom stereocenters. The summed E-state index contributed by atoms with van der Waals surface area (Å²) in [5.74, 6) is -0.347. The predicted molar refractivity (Wildman–Crippen MR) is 80.0 cm³/mol. The Balaban J connectivity index is 2.41. The van der Waals surface area contributed by atoms with Crippen LogP contribution in [0.15, 0.2) is 12.2 Å². The first-order valence-corrected chi connectivity index (χ1v) is 7.26. The maximum absolute atomic E-state index is 12.0. The van der Waals surface area contributed by atoms with E-state index in [4.69, 9.17) is 4.74 Å². The van der Waals surface area contributed by atoms with Crippen molar-refractivity contribution in [3.05, 3.63) is 12.2 Å². The van der Waals surface area contributed by atoms with Gasteiger partial charge in [-0.2, -0.15) is 0 Å². The minimum absolute atomic E-state index is 0.255. The lowest BCUT2D eigenvalue weighted by atomic mass is 10.2. The van der Waals surface area contributed by atoms with Gasteiger partial charge in [0, 0.05) is 38.8 Å². The van der Waals surface area contributed by atoms with Crippen LogP contribution in [0.4, 0.5) is 4.79 Å². The second-order valence-electron chi connectivity index (χ2n) is 6.05. The van der Waals surface area contributed by atoms with Gasteiger partial charge in [0.25, 0.3) is 0 Å². The maximum Gasteiger partial charge on any atom is 0.410 e. The molecule has 0 aliphatic carbocycles. The van der Waals surface area contributed by atoms with Crippen LogP contribution in [0.3, 0.4) is 0 Å². The first-order valence-electron chi connectivity index (χ1n) is 7.26. The molecule has 0 aromatic rings. The number of carbonyl (C=O) groups is 2. The number of hydrogen-bond acceptors (Lipinski definition) is 5. The van der Waals surface area contributed by atoms with Crippen molar-refractivity contribution in [3.8, 4) is 0 Å². The Morgan fingerprint density at radius 3 is 2.48 bits per heavy atom. The third kappa shape index (κ3) is 7.13. The molecule has 120 valence electrons. The van der Waals surface area contributed by atoms with Gasteiger partial charge in [-0.25, -0.2) is 9.59 Å². The molecule has 0 aromatic heterocycles. The topological polar surface area (TPSA) is 59.1 Å². The highest BCUT2D eigenvalue weighted by atomic mass is 16.6. The average Bonchev–Trinajstić information content (AvgIpc) is 2.62. The number of ether oxygens (including phenoxy) is 2. The lowest BCUT2D eigenvalue weighted by molar-refractivity contribution is -0.134. The van der Waals surface area contributed by atoms with E-state index in [2.05, 4.69) is 9.64 Å². The molecule has 0 bridgehead atoms. The van der Waals surface area contributed by atoms with Crippen LogP contribution in [0.1, 0.15) is 27.2 Å². The van der Waals surface area contributed by atoms with Gasteiger partial charge in [-0.15, -0.1) is 0 Å². The van der Waals surface area contributed by atoms with Gasteiger partial charge in [-0.05, 0) is 27.2 Å². The van der Waals surface area contributed by atoms with E-state index in [1.165, 1.54) is 13.2 Å². The van der Waals surface area contributed by atoms with Crippen molar-refractivity contribution < 1.29 is 19.1 Å². The van der Waals surface area contributed by atoms with Crippen LogP contribution in [-0.4, -0.2) is 67.3 Å². The van der Waals surface area contributed by atoms with Crippen molar-refractivity contribution in [2.75, 3.05) is 39.8 Å². The molecular weight excluding hydrogens is 272 g/mol. The Morgan fingerprint density at radius 2 is 1.86 bits per heavy atom. The zero-order valence-corrected chi connectivity index (χ0v) is 13.4. The number of methoxy groups -OCH3 is 1. The summed E-state index contributed by atoms with van der Waals surface area (Å²) in [6, 6.07) is 0. The molecule has 0 spiro atoms. The quantitative estimate of drug-likeness (QED) is 0.586. The normalized spacial score (nSPS) is 17.6. The van der Waals surface area contributed by atoms with Gasteiger partial charge in [-0.3, -0.25) is 4.90 Å². The monoisotopic (exact) mass is 298 g/mol. The molecule has 0 unspecified atom stereocenters. The minimum Gasteiger partial charge on any atom is -0.466 e. The number of amides is 1. The summed E-state index contributed by atoms with van der Waals surface area (Å²) in [4.78, 5) is 27.0. The van der Waals surface area contributed by atoms with Crippen LogP contribution in [0, 0.1) is 0 Å². The number of esters is 1. The first-order chi connectivity index (χ1) is 9.81. The second-order valence-corrected chi connectivity index (χ2v) is 6.05. The molecular formula is C15H26N2O4. The van der Waals surface area contributed by atoms with E-state index in [-0.39, 0.29) is 12.1 Å². The van der Waals surface area contributed by atoms with Gasteiger partial charge >= 0.3 is 12.1 Å². The average molecular weight is 298 g/mol. The molecule has 1 saturated heterocycles. The van der Waals surface area contributed by atoms with Crippen LogP contribution < -0.4 is 0 Å². The van der Waals surface area contributed by atoms with E-state index in [1.807, 2.05) is 20.8 Å². The van der Waals surface area contributed by atoms with Crippen molar-refractivity contribution >= 4 is 12.1 Å². The zero-order valence-electron chi connectivity index (χ0n) is 13.4. The Kier molecular flexibility index (Phi) is 6.68. The van der Waals surface area contributed by atoms with Crippen LogP contribution in [0.2, 0.25) is 0 Å².